The Labute approximate surface area is 122 Å². The summed E-state index contributed by atoms with van der Waals surface area (Å²) in [6.45, 7) is 3.46. The third kappa shape index (κ3) is 3.40. The fraction of sp³-hybridized carbons (Fsp3) is 0.154. The first kappa shape index (κ1) is 14.6. The monoisotopic (exact) mass is 312 g/mol. The molecule has 7 heteroatoms. The third-order valence-corrected chi connectivity index (χ3v) is 4.03. The summed E-state index contributed by atoms with van der Waals surface area (Å²) in [7, 11) is -3.71. The molecule has 0 aliphatic carbocycles. The molecule has 0 spiro atoms. The van der Waals surface area contributed by atoms with Gasteiger partial charge < -0.3 is 4.42 Å². The van der Waals surface area contributed by atoms with Crippen LogP contribution in [0.25, 0.3) is 0 Å². The van der Waals surface area contributed by atoms with Gasteiger partial charge in [-0.2, -0.15) is 18.4 Å². The maximum absolute atomic E-state index is 12.0. The SMILES string of the molecule is C/C(=N\NS(=O)(=O)c1ccc(Cl)cc1)c1ccc(C)o1. The highest BCUT2D eigenvalue weighted by Crippen LogP contribution is 2.14. The van der Waals surface area contributed by atoms with Crippen LogP contribution in [0.4, 0.5) is 0 Å². The molecule has 2 aromatic rings. The standard InChI is InChI=1S/C13H13ClN2O3S/c1-9-3-8-13(19-9)10(2)15-16-20(17,18)12-6-4-11(14)5-7-12/h3-8,16H,1-2H3/b15-10+. The molecule has 1 aromatic carbocycles. The smallest absolute Gasteiger partial charge is 0.276 e. The van der Waals surface area contributed by atoms with Gasteiger partial charge in [0.25, 0.3) is 10.0 Å². The predicted molar refractivity (Wildman–Crippen MR) is 77.4 cm³/mol. The Morgan fingerprint density at radius 2 is 1.85 bits per heavy atom. The van der Waals surface area contributed by atoms with E-state index < -0.39 is 10.0 Å². The molecule has 0 amide bonds. The number of rotatable bonds is 4. The van der Waals surface area contributed by atoms with Crippen molar-refractivity contribution in [1.29, 1.82) is 0 Å². The van der Waals surface area contributed by atoms with E-state index >= 15 is 0 Å². The quantitative estimate of drug-likeness (QED) is 0.697. The molecule has 106 valence electrons. The summed E-state index contributed by atoms with van der Waals surface area (Å²) < 4.78 is 29.3. The third-order valence-electron chi connectivity index (χ3n) is 2.55. The summed E-state index contributed by atoms with van der Waals surface area (Å²) in [6, 6.07) is 9.33. The van der Waals surface area contributed by atoms with Crippen LogP contribution in [0.3, 0.4) is 0 Å². The molecule has 0 bridgehead atoms. The first-order valence-electron chi connectivity index (χ1n) is 5.77. The number of benzene rings is 1. The number of hydrazone groups is 1. The van der Waals surface area contributed by atoms with Crippen LogP contribution in [0.2, 0.25) is 5.02 Å². The average molecular weight is 313 g/mol. The van der Waals surface area contributed by atoms with Crippen LogP contribution in [-0.4, -0.2) is 14.1 Å². The van der Waals surface area contributed by atoms with Gasteiger partial charge in [-0.3, -0.25) is 0 Å². The van der Waals surface area contributed by atoms with E-state index in [-0.39, 0.29) is 4.90 Å². The van der Waals surface area contributed by atoms with E-state index in [2.05, 4.69) is 9.93 Å². The van der Waals surface area contributed by atoms with E-state index in [1.165, 1.54) is 24.3 Å². The van der Waals surface area contributed by atoms with Crippen molar-refractivity contribution in [2.45, 2.75) is 18.7 Å². The van der Waals surface area contributed by atoms with E-state index in [9.17, 15) is 8.42 Å². The summed E-state index contributed by atoms with van der Waals surface area (Å²) in [5.41, 5.74) is 0.440. The number of furan rings is 1. The maximum atomic E-state index is 12.0. The molecule has 0 atom stereocenters. The zero-order chi connectivity index (χ0) is 14.8. The molecule has 0 aliphatic heterocycles. The second-order valence-corrected chi connectivity index (χ2v) is 6.25. The number of nitrogens with zero attached hydrogens (tertiary/aromatic N) is 1. The highest BCUT2D eigenvalue weighted by atomic mass is 35.5. The van der Waals surface area contributed by atoms with E-state index in [1.807, 2.05) is 0 Å². The topological polar surface area (TPSA) is 71.7 Å². The average Bonchev–Trinajstić information content (AvgIpc) is 2.83. The van der Waals surface area contributed by atoms with Gasteiger partial charge in [-0.1, -0.05) is 11.6 Å². The van der Waals surface area contributed by atoms with Crippen LogP contribution in [0.5, 0.6) is 0 Å². The summed E-state index contributed by atoms with van der Waals surface area (Å²) >= 11 is 5.72. The summed E-state index contributed by atoms with van der Waals surface area (Å²) in [5.74, 6) is 1.25. The zero-order valence-corrected chi connectivity index (χ0v) is 12.5. The number of hydrogen-bond acceptors (Lipinski definition) is 4. The lowest BCUT2D eigenvalue weighted by atomic mass is 10.3. The molecule has 0 aliphatic rings. The van der Waals surface area contributed by atoms with E-state index in [0.717, 1.165) is 5.76 Å². The van der Waals surface area contributed by atoms with Gasteiger partial charge in [-0.25, -0.2) is 0 Å². The van der Waals surface area contributed by atoms with E-state index in [1.54, 1.807) is 26.0 Å². The number of halogens is 1. The minimum atomic E-state index is -3.71. The van der Waals surface area contributed by atoms with Crippen LogP contribution in [-0.2, 0) is 10.0 Å². The van der Waals surface area contributed by atoms with Crippen LogP contribution in [0, 0.1) is 6.92 Å². The highest BCUT2D eigenvalue weighted by Gasteiger charge is 2.13. The normalized spacial score (nSPS) is 12.4. The zero-order valence-electron chi connectivity index (χ0n) is 10.9. The van der Waals surface area contributed by atoms with Crippen LogP contribution < -0.4 is 4.83 Å². The number of aryl methyl sites for hydroxylation is 1. The number of hydrogen-bond donors (Lipinski definition) is 1. The van der Waals surface area contributed by atoms with Crippen molar-refractivity contribution in [3.63, 3.8) is 0 Å². The van der Waals surface area contributed by atoms with Gasteiger partial charge >= 0.3 is 0 Å². The fourth-order valence-corrected chi connectivity index (χ4v) is 2.46. The van der Waals surface area contributed by atoms with Crippen molar-refractivity contribution in [2.24, 2.45) is 5.10 Å². The highest BCUT2D eigenvalue weighted by molar-refractivity contribution is 7.89. The first-order valence-corrected chi connectivity index (χ1v) is 7.63. The molecule has 20 heavy (non-hydrogen) atoms. The minimum absolute atomic E-state index is 0.0917. The van der Waals surface area contributed by atoms with Crippen molar-refractivity contribution in [1.82, 2.24) is 4.83 Å². The Morgan fingerprint density at radius 1 is 1.20 bits per heavy atom. The second kappa shape index (κ2) is 5.68. The first-order chi connectivity index (χ1) is 9.38. The molecular weight excluding hydrogens is 300 g/mol. The molecule has 0 unspecified atom stereocenters. The molecule has 0 radical (unpaired) electrons. The molecule has 2 rings (SSSR count). The lowest BCUT2D eigenvalue weighted by Gasteiger charge is -2.04. The number of sulfonamides is 1. The largest absolute Gasteiger partial charge is 0.460 e. The van der Waals surface area contributed by atoms with Crippen molar-refractivity contribution >= 4 is 27.3 Å². The lowest BCUT2D eigenvalue weighted by molar-refractivity contribution is 0.524. The van der Waals surface area contributed by atoms with Gasteiger partial charge in [0.2, 0.25) is 0 Å². The van der Waals surface area contributed by atoms with Crippen molar-refractivity contribution in [2.75, 3.05) is 0 Å². The Balaban J connectivity index is 2.18. The second-order valence-electron chi connectivity index (χ2n) is 4.16. The van der Waals surface area contributed by atoms with Gasteiger partial charge in [-0.15, -0.1) is 0 Å². The summed E-state index contributed by atoms with van der Waals surface area (Å²) in [5, 5.41) is 4.30. The van der Waals surface area contributed by atoms with Crippen LogP contribution >= 0.6 is 11.6 Å². The molecule has 5 nitrogen and oxygen atoms in total. The van der Waals surface area contributed by atoms with Gasteiger partial charge in [0.15, 0.2) is 0 Å². The fourth-order valence-electron chi connectivity index (χ4n) is 1.48. The molecule has 1 aromatic heterocycles. The van der Waals surface area contributed by atoms with Crippen molar-refractivity contribution < 1.29 is 12.8 Å². The van der Waals surface area contributed by atoms with E-state index in [0.29, 0.717) is 16.5 Å². The maximum Gasteiger partial charge on any atom is 0.276 e. The van der Waals surface area contributed by atoms with Crippen LogP contribution in [0.15, 0.2) is 50.8 Å². The molecular formula is C13H13ClN2O3S. The Morgan fingerprint density at radius 3 is 2.40 bits per heavy atom. The minimum Gasteiger partial charge on any atom is -0.460 e. The van der Waals surface area contributed by atoms with Gasteiger partial charge in [-0.05, 0) is 50.2 Å². The Bertz CT molecular complexity index is 733. The summed E-state index contributed by atoms with van der Waals surface area (Å²) in [4.78, 5) is 2.25. The van der Waals surface area contributed by atoms with Gasteiger partial charge in [0, 0.05) is 5.02 Å². The van der Waals surface area contributed by atoms with Gasteiger partial charge in [0.1, 0.15) is 17.2 Å². The van der Waals surface area contributed by atoms with Crippen LogP contribution in [0.1, 0.15) is 18.4 Å². The molecule has 0 saturated heterocycles. The predicted octanol–water partition coefficient (Wildman–Crippen LogP) is 2.94. The van der Waals surface area contributed by atoms with Crippen molar-refractivity contribution in [3.8, 4) is 0 Å². The number of nitrogens with one attached hydrogen (secondary N) is 1. The van der Waals surface area contributed by atoms with Crippen molar-refractivity contribution in [3.05, 3.63) is 52.9 Å². The van der Waals surface area contributed by atoms with E-state index in [4.69, 9.17) is 16.0 Å². The van der Waals surface area contributed by atoms with Gasteiger partial charge in [0.05, 0.1) is 4.90 Å². The molecule has 0 fully saturated rings. The Hall–Kier alpha value is -1.79. The molecule has 0 saturated carbocycles. The Kier molecular flexibility index (Phi) is 4.15. The molecule has 1 heterocycles. The summed E-state index contributed by atoms with van der Waals surface area (Å²) in [6.07, 6.45) is 0. The lowest BCUT2D eigenvalue weighted by Crippen LogP contribution is -2.19. The molecule has 1 N–H and O–H groups in total.